The summed E-state index contributed by atoms with van der Waals surface area (Å²) in [5.74, 6) is 0.252. The molecule has 1 aromatic carbocycles. The standard InChI is InChI=1S/C18H21ClN2O/c1-13-8-16(19)6-5-14(13)10-21-11-15(18(22)12-21)9-17-4-2-3-7-20-17/h2-8,15,18,22H,9-12H2,1H3/t15-,18-/m1/s1. The normalized spacial score (nSPS) is 22.1. The van der Waals surface area contributed by atoms with Crippen LogP contribution < -0.4 is 0 Å². The summed E-state index contributed by atoms with van der Waals surface area (Å²) in [5.41, 5.74) is 3.53. The van der Waals surface area contributed by atoms with E-state index in [-0.39, 0.29) is 12.0 Å². The number of aromatic nitrogens is 1. The summed E-state index contributed by atoms with van der Waals surface area (Å²) in [6, 6.07) is 12.0. The SMILES string of the molecule is Cc1cc(Cl)ccc1CN1C[C@@H](Cc2ccccn2)[C@H](O)C1. The predicted molar refractivity (Wildman–Crippen MR) is 88.9 cm³/mol. The van der Waals surface area contributed by atoms with Gasteiger partial charge >= 0.3 is 0 Å². The Kier molecular flexibility index (Phi) is 4.77. The van der Waals surface area contributed by atoms with Crippen molar-refractivity contribution >= 4 is 11.6 Å². The van der Waals surface area contributed by atoms with Crippen LogP contribution in [0.25, 0.3) is 0 Å². The summed E-state index contributed by atoms with van der Waals surface area (Å²) in [6.07, 6.45) is 2.36. The first-order chi connectivity index (χ1) is 10.6. The highest BCUT2D eigenvalue weighted by Crippen LogP contribution is 2.24. The summed E-state index contributed by atoms with van der Waals surface area (Å²) in [7, 11) is 0. The van der Waals surface area contributed by atoms with Crippen molar-refractivity contribution in [3.63, 3.8) is 0 Å². The van der Waals surface area contributed by atoms with Crippen molar-refractivity contribution in [2.24, 2.45) is 5.92 Å². The summed E-state index contributed by atoms with van der Waals surface area (Å²) < 4.78 is 0. The first-order valence-electron chi connectivity index (χ1n) is 7.67. The van der Waals surface area contributed by atoms with E-state index in [1.807, 2.05) is 36.5 Å². The number of likely N-dealkylation sites (tertiary alicyclic amines) is 1. The van der Waals surface area contributed by atoms with Gasteiger partial charge in [0.05, 0.1) is 6.10 Å². The molecule has 3 rings (SSSR count). The van der Waals surface area contributed by atoms with Crippen molar-refractivity contribution in [2.45, 2.75) is 26.0 Å². The molecule has 0 saturated carbocycles. The van der Waals surface area contributed by atoms with E-state index in [1.165, 1.54) is 11.1 Å². The molecule has 1 fully saturated rings. The lowest BCUT2D eigenvalue weighted by atomic mass is 10.00. The molecule has 1 saturated heterocycles. The maximum Gasteiger partial charge on any atom is 0.0711 e. The molecule has 116 valence electrons. The number of aryl methyl sites for hydroxylation is 1. The Labute approximate surface area is 136 Å². The maximum absolute atomic E-state index is 10.3. The van der Waals surface area contributed by atoms with E-state index in [0.29, 0.717) is 0 Å². The second-order valence-corrected chi connectivity index (χ2v) is 6.55. The molecule has 1 aliphatic rings. The zero-order valence-electron chi connectivity index (χ0n) is 12.7. The number of β-amino-alcohol motifs (C(OH)–C–C–N with tert-alkyl or cyclic N) is 1. The number of pyridine rings is 1. The number of aliphatic hydroxyl groups is 1. The van der Waals surface area contributed by atoms with Crippen LogP contribution in [0.3, 0.4) is 0 Å². The first-order valence-corrected chi connectivity index (χ1v) is 8.05. The smallest absolute Gasteiger partial charge is 0.0711 e. The number of nitrogens with zero attached hydrogens (tertiary/aromatic N) is 2. The minimum atomic E-state index is -0.283. The molecule has 1 aromatic heterocycles. The third-order valence-corrected chi connectivity index (χ3v) is 4.61. The zero-order chi connectivity index (χ0) is 15.5. The van der Waals surface area contributed by atoms with Crippen LogP contribution in [0, 0.1) is 12.8 Å². The molecule has 22 heavy (non-hydrogen) atoms. The fourth-order valence-corrected chi connectivity index (χ4v) is 3.36. The number of hydrogen-bond donors (Lipinski definition) is 1. The molecule has 0 aliphatic carbocycles. The maximum atomic E-state index is 10.3. The number of hydrogen-bond acceptors (Lipinski definition) is 3. The van der Waals surface area contributed by atoms with E-state index in [9.17, 15) is 5.11 Å². The minimum absolute atomic E-state index is 0.252. The number of halogens is 1. The number of rotatable bonds is 4. The predicted octanol–water partition coefficient (Wildman–Crippen LogP) is 3.08. The van der Waals surface area contributed by atoms with Crippen LogP contribution >= 0.6 is 11.6 Å². The van der Waals surface area contributed by atoms with Crippen LogP contribution in [0.15, 0.2) is 42.6 Å². The molecular weight excluding hydrogens is 296 g/mol. The van der Waals surface area contributed by atoms with Gasteiger partial charge < -0.3 is 5.11 Å². The van der Waals surface area contributed by atoms with E-state index >= 15 is 0 Å². The monoisotopic (exact) mass is 316 g/mol. The molecule has 0 bridgehead atoms. The van der Waals surface area contributed by atoms with Crippen molar-refractivity contribution in [2.75, 3.05) is 13.1 Å². The summed E-state index contributed by atoms with van der Waals surface area (Å²) in [4.78, 5) is 6.68. The molecule has 0 radical (unpaired) electrons. The fraction of sp³-hybridized carbons (Fsp3) is 0.389. The first kappa shape index (κ1) is 15.5. The minimum Gasteiger partial charge on any atom is -0.391 e. The average molecular weight is 317 g/mol. The van der Waals surface area contributed by atoms with Crippen LogP contribution in [0.2, 0.25) is 5.02 Å². The molecule has 4 heteroatoms. The zero-order valence-corrected chi connectivity index (χ0v) is 13.5. The molecule has 1 aliphatic heterocycles. The third-order valence-electron chi connectivity index (χ3n) is 4.38. The second kappa shape index (κ2) is 6.78. The van der Waals surface area contributed by atoms with Gasteiger partial charge in [0.2, 0.25) is 0 Å². The molecule has 3 nitrogen and oxygen atoms in total. The third kappa shape index (κ3) is 3.67. The lowest BCUT2D eigenvalue weighted by Crippen LogP contribution is -2.21. The van der Waals surface area contributed by atoms with E-state index in [1.54, 1.807) is 0 Å². The van der Waals surface area contributed by atoms with Gasteiger partial charge in [0.15, 0.2) is 0 Å². The largest absolute Gasteiger partial charge is 0.391 e. The Bertz CT molecular complexity index is 632. The molecule has 2 heterocycles. The molecule has 2 aromatic rings. The summed E-state index contributed by atoms with van der Waals surface area (Å²) >= 11 is 6.01. The van der Waals surface area contributed by atoms with Crippen molar-refractivity contribution in [3.8, 4) is 0 Å². The van der Waals surface area contributed by atoms with Gasteiger partial charge in [0.1, 0.15) is 0 Å². The van der Waals surface area contributed by atoms with Crippen LogP contribution in [-0.2, 0) is 13.0 Å². The fourth-order valence-electron chi connectivity index (χ4n) is 3.14. The Morgan fingerprint density at radius 3 is 2.86 bits per heavy atom. The van der Waals surface area contributed by atoms with Gasteiger partial charge in [-0.05, 0) is 48.7 Å². The quantitative estimate of drug-likeness (QED) is 0.941. The van der Waals surface area contributed by atoms with Gasteiger partial charge in [0.25, 0.3) is 0 Å². The highest BCUT2D eigenvalue weighted by Gasteiger charge is 2.31. The molecule has 2 atom stereocenters. The van der Waals surface area contributed by atoms with Gasteiger partial charge in [-0.3, -0.25) is 9.88 Å². The molecule has 0 spiro atoms. The van der Waals surface area contributed by atoms with Gasteiger partial charge in [-0.1, -0.05) is 23.7 Å². The van der Waals surface area contributed by atoms with Gasteiger partial charge in [-0.25, -0.2) is 0 Å². The Morgan fingerprint density at radius 2 is 2.14 bits per heavy atom. The second-order valence-electron chi connectivity index (χ2n) is 6.12. The Hall–Kier alpha value is -1.42. The average Bonchev–Trinajstić information content (AvgIpc) is 2.83. The van der Waals surface area contributed by atoms with Gasteiger partial charge in [-0.2, -0.15) is 0 Å². The van der Waals surface area contributed by atoms with E-state index in [0.717, 1.165) is 36.8 Å². The van der Waals surface area contributed by atoms with Crippen molar-refractivity contribution in [3.05, 3.63) is 64.4 Å². The van der Waals surface area contributed by atoms with Crippen LogP contribution in [0.4, 0.5) is 0 Å². The van der Waals surface area contributed by atoms with E-state index < -0.39 is 0 Å². The highest BCUT2D eigenvalue weighted by atomic mass is 35.5. The number of benzene rings is 1. The topological polar surface area (TPSA) is 36.4 Å². The summed E-state index contributed by atoms with van der Waals surface area (Å²) in [5, 5.41) is 11.1. The molecule has 1 N–H and O–H groups in total. The van der Waals surface area contributed by atoms with Crippen LogP contribution in [0.1, 0.15) is 16.8 Å². The van der Waals surface area contributed by atoms with Crippen molar-refractivity contribution in [1.29, 1.82) is 0 Å². The Balaban J connectivity index is 1.63. The lowest BCUT2D eigenvalue weighted by molar-refractivity contribution is 0.140. The van der Waals surface area contributed by atoms with Crippen molar-refractivity contribution < 1.29 is 5.11 Å². The lowest BCUT2D eigenvalue weighted by Gasteiger charge is -2.17. The van der Waals surface area contributed by atoms with Crippen LogP contribution in [-0.4, -0.2) is 34.2 Å². The molecule has 0 unspecified atom stereocenters. The van der Waals surface area contributed by atoms with E-state index in [2.05, 4.69) is 22.9 Å². The highest BCUT2D eigenvalue weighted by molar-refractivity contribution is 6.30. The van der Waals surface area contributed by atoms with Crippen molar-refractivity contribution in [1.82, 2.24) is 9.88 Å². The Morgan fingerprint density at radius 1 is 1.27 bits per heavy atom. The number of aliphatic hydroxyl groups excluding tert-OH is 1. The van der Waals surface area contributed by atoms with E-state index in [4.69, 9.17) is 11.6 Å². The van der Waals surface area contributed by atoms with Crippen LogP contribution in [0.5, 0.6) is 0 Å². The van der Waals surface area contributed by atoms with Gasteiger partial charge in [-0.15, -0.1) is 0 Å². The summed E-state index contributed by atoms with van der Waals surface area (Å²) in [6.45, 7) is 4.57. The molecular formula is C18H21ClN2O. The molecule has 0 amide bonds. The van der Waals surface area contributed by atoms with Gasteiger partial charge in [0, 0.05) is 42.5 Å².